The lowest BCUT2D eigenvalue weighted by Crippen LogP contribution is -2.08. The number of hydrogen-bond acceptors (Lipinski definition) is 8. The maximum Gasteiger partial charge on any atom is 0.343 e. The van der Waals surface area contributed by atoms with Crippen molar-refractivity contribution in [3.05, 3.63) is 94.0 Å². The van der Waals surface area contributed by atoms with E-state index in [0.717, 1.165) is 15.8 Å². The van der Waals surface area contributed by atoms with Crippen molar-refractivity contribution in [3.8, 4) is 5.75 Å². The van der Waals surface area contributed by atoms with Gasteiger partial charge >= 0.3 is 5.97 Å². The molecule has 0 saturated heterocycles. The summed E-state index contributed by atoms with van der Waals surface area (Å²) in [6.07, 6.45) is 1.59. The molecule has 1 aromatic heterocycles. The van der Waals surface area contributed by atoms with E-state index >= 15 is 0 Å². The van der Waals surface area contributed by atoms with Crippen LogP contribution in [0.1, 0.15) is 15.9 Å². The first-order valence-corrected chi connectivity index (χ1v) is 9.61. The van der Waals surface area contributed by atoms with Crippen LogP contribution in [0.2, 0.25) is 0 Å². The number of nitrogens with one attached hydrogen (secondary N) is 1. The van der Waals surface area contributed by atoms with Gasteiger partial charge in [0.25, 0.3) is 5.69 Å². The predicted octanol–water partition coefficient (Wildman–Crippen LogP) is 4.87. The van der Waals surface area contributed by atoms with Crippen LogP contribution in [0.15, 0.2) is 77.9 Å². The Kier molecular flexibility index (Phi) is 5.44. The number of thiazole rings is 1. The minimum absolute atomic E-state index is 0.0922. The van der Waals surface area contributed by atoms with Gasteiger partial charge in [0.15, 0.2) is 0 Å². The van der Waals surface area contributed by atoms with Crippen LogP contribution in [0.3, 0.4) is 0 Å². The molecule has 0 aliphatic rings. The zero-order chi connectivity index (χ0) is 20.9. The zero-order valence-electron chi connectivity index (χ0n) is 15.4. The molecule has 1 N–H and O–H groups in total. The Morgan fingerprint density at radius 3 is 2.67 bits per heavy atom. The number of ether oxygens (including phenoxy) is 1. The lowest BCUT2D eigenvalue weighted by molar-refractivity contribution is -0.384. The molecule has 0 aliphatic carbocycles. The molecule has 0 saturated carbocycles. The number of aromatic nitrogens is 1. The molecule has 9 heteroatoms. The van der Waals surface area contributed by atoms with Crippen molar-refractivity contribution >= 4 is 44.6 Å². The van der Waals surface area contributed by atoms with E-state index in [1.54, 1.807) is 24.4 Å². The van der Waals surface area contributed by atoms with Crippen LogP contribution < -0.4 is 10.2 Å². The van der Waals surface area contributed by atoms with Gasteiger partial charge in [-0.1, -0.05) is 35.6 Å². The Morgan fingerprint density at radius 1 is 1.10 bits per heavy atom. The predicted molar refractivity (Wildman–Crippen MR) is 115 cm³/mol. The third-order valence-corrected chi connectivity index (χ3v) is 4.99. The number of non-ortho nitro benzene ring substituents is 1. The van der Waals surface area contributed by atoms with Crippen molar-refractivity contribution < 1.29 is 14.5 Å². The summed E-state index contributed by atoms with van der Waals surface area (Å²) < 4.78 is 6.41. The third kappa shape index (κ3) is 4.47. The average Bonchev–Trinajstić information content (AvgIpc) is 3.17. The number of carbonyl (C=O) groups excluding carboxylic acids is 1. The summed E-state index contributed by atoms with van der Waals surface area (Å²) >= 11 is 1.50. The van der Waals surface area contributed by atoms with E-state index in [1.165, 1.54) is 35.6 Å². The van der Waals surface area contributed by atoms with Crippen molar-refractivity contribution in [3.63, 3.8) is 0 Å². The summed E-state index contributed by atoms with van der Waals surface area (Å²) in [4.78, 5) is 26.9. The maximum atomic E-state index is 12.2. The molecule has 1 heterocycles. The van der Waals surface area contributed by atoms with Crippen LogP contribution in [0.4, 0.5) is 10.8 Å². The molecule has 0 unspecified atom stereocenters. The molecule has 4 aromatic rings. The Labute approximate surface area is 174 Å². The molecular weight excluding hydrogens is 404 g/mol. The maximum absolute atomic E-state index is 12.2. The third-order valence-electron chi connectivity index (χ3n) is 4.05. The number of hydrazone groups is 1. The number of carbonyl (C=O) groups is 1. The number of nitro benzene ring substituents is 1. The second-order valence-corrected chi connectivity index (χ2v) is 7.15. The minimum atomic E-state index is -0.605. The minimum Gasteiger partial charge on any atom is -0.423 e. The fraction of sp³-hybridized carbons (Fsp3) is 0. The number of fused-ring (bicyclic) bond motifs is 1. The molecule has 0 spiro atoms. The van der Waals surface area contributed by atoms with E-state index in [2.05, 4.69) is 15.5 Å². The van der Waals surface area contributed by atoms with E-state index < -0.39 is 10.9 Å². The van der Waals surface area contributed by atoms with Crippen LogP contribution in [0, 0.1) is 10.1 Å². The summed E-state index contributed by atoms with van der Waals surface area (Å²) in [5, 5.41) is 15.6. The number of anilines is 1. The highest BCUT2D eigenvalue weighted by molar-refractivity contribution is 7.22. The van der Waals surface area contributed by atoms with E-state index in [0.29, 0.717) is 10.9 Å². The molecule has 0 fully saturated rings. The summed E-state index contributed by atoms with van der Waals surface area (Å²) in [6, 6.07) is 19.9. The van der Waals surface area contributed by atoms with Crippen LogP contribution >= 0.6 is 11.3 Å². The van der Waals surface area contributed by atoms with Gasteiger partial charge in [-0.3, -0.25) is 15.5 Å². The van der Waals surface area contributed by atoms with Crippen molar-refractivity contribution in [2.45, 2.75) is 0 Å². The Bertz CT molecular complexity index is 1220. The van der Waals surface area contributed by atoms with Gasteiger partial charge in [0.1, 0.15) is 5.75 Å². The number of nitro groups is 1. The van der Waals surface area contributed by atoms with E-state index in [-0.39, 0.29) is 11.3 Å². The van der Waals surface area contributed by atoms with Gasteiger partial charge in [-0.15, -0.1) is 0 Å². The van der Waals surface area contributed by atoms with Crippen molar-refractivity contribution in [2.75, 3.05) is 5.43 Å². The van der Waals surface area contributed by atoms with E-state index in [4.69, 9.17) is 4.74 Å². The second-order valence-electron chi connectivity index (χ2n) is 6.12. The lowest BCUT2D eigenvalue weighted by Gasteiger charge is -2.05. The molecule has 0 radical (unpaired) electrons. The molecule has 30 heavy (non-hydrogen) atoms. The number of hydrogen-bond donors (Lipinski definition) is 1. The molecular formula is C21H14N4O4S. The second kappa shape index (κ2) is 8.50. The van der Waals surface area contributed by atoms with Crippen molar-refractivity contribution in [2.24, 2.45) is 5.10 Å². The lowest BCUT2D eigenvalue weighted by atomic mass is 10.2. The van der Waals surface area contributed by atoms with E-state index in [9.17, 15) is 14.9 Å². The summed E-state index contributed by atoms with van der Waals surface area (Å²) in [6.45, 7) is 0. The summed E-state index contributed by atoms with van der Waals surface area (Å²) in [7, 11) is 0. The number of benzene rings is 3. The summed E-state index contributed by atoms with van der Waals surface area (Å²) in [5.74, 6) is -0.270. The van der Waals surface area contributed by atoms with Crippen molar-refractivity contribution in [1.82, 2.24) is 4.98 Å². The van der Waals surface area contributed by atoms with Crippen molar-refractivity contribution in [1.29, 1.82) is 0 Å². The molecule has 0 amide bonds. The molecule has 0 atom stereocenters. The van der Waals surface area contributed by atoms with E-state index in [1.807, 2.05) is 30.3 Å². The Balaban J connectivity index is 1.41. The molecule has 8 nitrogen and oxygen atoms in total. The number of para-hydroxylation sites is 1. The molecule has 0 aliphatic heterocycles. The number of nitrogens with zero attached hydrogens (tertiary/aromatic N) is 3. The molecule has 148 valence electrons. The highest BCUT2D eigenvalue weighted by atomic mass is 32.1. The normalized spacial score (nSPS) is 10.9. The number of rotatable bonds is 6. The molecule has 0 bridgehead atoms. The van der Waals surface area contributed by atoms with Crippen LogP contribution in [-0.2, 0) is 0 Å². The monoisotopic (exact) mass is 418 g/mol. The van der Waals surface area contributed by atoms with Gasteiger partial charge in [-0.2, -0.15) is 5.10 Å². The van der Waals surface area contributed by atoms with Gasteiger partial charge in [-0.05, 0) is 42.0 Å². The van der Waals surface area contributed by atoms with Crippen LogP contribution in [0.5, 0.6) is 5.75 Å². The highest BCUT2D eigenvalue weighted by Crippen LogP contribution is 2.25. The number of esters is 1. The fourth-order valence-electron chi connectivity index (χ4n) is 2.63. The first-order valence-electron chi connectivity index (χ1n) is 8.80. The Morgan fingerprint density at radius 2 is 1.90 bits per heavy atom. The average molecular weight is 418 g/mol. The first-order chi connectivity index (χ1) is 14.6. The molecule has 4 rings (SSSR count). The standard InChI is InChI=1S/C21H14N4O4S/c26-20(15-8-10-16(11-9-15)25(27)28)29-17-5-3-4-14(12-17)13-22-24-21-23-18-6-1-2-7-19(18)30-21/h1-13H,(H,23,24)/b22-13-. The van der Waals surface area contributed by atoms with Gasteiger partial charge in [0.05, 0.1) is 26.9 Å². The zero-order valence-corrected chi connectivity index (χ0v) is 16.2. The van der Waals surface area contributed by atoms with Crippen LogP contribution in [0.25, 0.3) is 10.2 Å². The largest absolute Gasteiger partial charge is 0.423 e. The summed E-state index contributed by atoms with van der Waals surface area (Å²) in [5.41, 5.74) is 4.65. The van der Waals surface area contributed by atoms with Gasteiger partial charge in [0.2, 0.25) is 5.13 Å². The fourth-order valence-corrected chi connectivity index (χ4v) is 3.44. The Hall–Kier alpha value is -4.11. The smallest absolute Gasteiger partial charge is 0.343 e. The van der Waals surface area contributed by atoms with Crippen LogP contribution in [-0.4, -0.2) is 22.1 Å². The molecule has 3 aromatic carbocycles. The van der Waals surface area contributed by atoms with Gasteiger partial charge < -0.3 is 4.74 Å². The quantitative estimate of drug-likeness (QED) is 0.157. The topological polar surface area (TPSA) is 107 Å². The van der Waals surface area contributed by atoms with Gasteiger partial charge in [-0.25, -0.2) is 9.78 Å². The van der Waals surface area contributed by atoms with Gasteiger partial charge in [0, 0.05) is 12.1 Å². The SMILES string of the molecule is O=C(Oc1cccc(/C=N\Nc2nc3ccccc3s2)c1)c1ccc([N+](=O)[O-])cc1. The highest BCUT2D eigenvalue weighted by Gasteiger charge is 2.11. The first kappa shape index (κ1) is 19.2.